The summed E-state index contributed by atoms with van der Waals surface area (Å²) < 4.78 is 33.1. The van der Waals surface area contributed by atoms with Crippen molar-refractivity contribution in [3.05, 3.63) is 83.4 Å². The van der Waals surface area contributed by atoms with Gasteiger partial charge in [0, 0.05) is 10.6 Å². The molecule has 0 spiro atoms. The molecule has 0 saturated carbocycles. The summed E-state index contributed by atoms with van der Waals surface area (Å²) in [6.07, 6.45) is 6.98. The first kappa shape index (κ1) is 22.0. The number of carbonyl (C=O) groups is 1. The monoisotopic (exact) mass is 469 g/mol. The second-order valence-electron chi connectivity index (χ2n) is 7.33. The zero-order valence-electron chi connectivity index (χ0n) is 17.2. The van der Waals surface area contributed by atoms with Crippen LogP contribution in [-0.4, -0.2) is 24.5 Å². The molecular formula is C23H20ClN3O4S. The summed E-state index contributed by atoms with van der Waals surface area (Å²) in [5, 5.41) is 13.7. The SMILES string of the molecule is CCCC[n+]1ccn(C2=C([O-])c3ccccc3C(=O)C2=NS(=O)(=O)c2ccc(Cl)cc2)c1. The van der Waals surface area contributed by atoms with Gasteiger partial charge in [0.1, 0.15) is 12.4 Å². The number of imidazole rings is 1. The zero-order valence-corrected chi connectivity index (χ0v) is 18.8. The number of fused-ring (bicyclic) bond motifs is 1. The van der Waals surface area contributed by atoms with Crippen LogP contribution in [0.4, 0.5) is 0 Å². The molecule has 0 amide bonds. The zero-order chi connectivity index (χ0) is 22.9. The summed E-state index contributed by atoms with van der Waals surface area (Å²) >= 11 is 5.85. The van der Waals surface area contributed by atoms with Gasteiger partial charge in [0.05, 0.1) is 11.4 Å². The highest BCUT2D eigenvalue weighted by Gasteiger charge is 2.33. The van der Waals surface area contributed by atoms with Crippen LogP contribution in [0, 0.1) is 0 Å². The number of unbranched alkanes of at least 4 members (excludes halogenated alkanes) is 1. The van der Waals surface area contributed by atoms with E-state index >= 15 is 0 Å². The molecule has 1 aromatic heterocycles. The maximum atomic E-state index is 13.4. The van der Waals surface area contributed by atoms with Crippen LogP contribution >= 0.6 is 11.6 Å². The van der Waals surface area contributed by atoms with Gasteiger partial charge in [-0.25, -0.2) is 9.13 Å². The van der Waals surface area contributed by atoms with E-state index < -0.39 is 27.3 Å². The van der Waals surface area contributed by atoms with Crippen molar-refractivity contribution >= 4 is 44.6 Å². The molecule has 9 heteroatoms. The number of hydrogen-bond donors (Lipinski definition) is 0. The topological polar surface area (TPSA) is 95.4 Å². The van der Waals surface area contributed by atoms with Crippen molar-refractivity contribution in [1.82, 2.24) is 4.57 Å². The van der Waals surface area contributed by atoms with Crippen LogP contribution in [0.2, 0.25) is 5.02 Å². The molecule has 3 aromatic rings. The van der Waals surface area contributed by atoms with Crippen LogP contribution in [0.15, 0.2) is 76.5 Å². The molecule has 0 fully saturated rings. The number of allylic oxidation sites excluding steroid dienone is 1. The molecule has 164 valence electrons. The Hall–Kier alpha value is -3.23. The number of nitrogens with zero attached hydrogens (tertiary/aromatic N) is 3. The number of aromatic nitrogens is 2. The number of sulfonamides is 1. The molecule has 0 saturated heterocycles. The average Bonchev–Trinajstić information content (AvgIpc) is 3.24. The van der Waals surface area contributed by atoms with Crippen LogP contribution in [0.3, 0.4) is 0 Å². The minimum atomic E-state index is -4.27. The largest absolute Gasteiger partial charge is 0.869 e. The highest BCUT2D eigenvalue weighted by molar-refractivity contribution is 7.90. The van der Waals surface area contributed by atoms with Gasteiger partial charge in [-0.2, -0.15) is 12.8 Å². The number of carbonyl (C=O) groups excluding carboxylic acids is 1. The lowest BCUT2D eigenvalue weighted by Crippen LogP contribution is -2.33. The normalized spacial score (nSPS) is 15.3. The fourth-order valence-corrected chi connectivity index (χ4v) is 4.57. The third-order valence-corrected chi connectivity index (χ3v) is 6.66. The minimum Gasteiger partial charge on any atom is -0.869 e. The number of aryl methyl sites for hydroxylation is 1. The van der Waals surface area contributed by atoms with Crippen LogP contribution in [0.5, 0.6) is 0 Å². The highest BCUT2D eigenvalue weighted by atomic mass is 35.5. The Morgan fingerprint density at radius 1 is 1.09 bits per heavy atom. The van der Waals surface area contributed by atoms with Crippen LogP contribution in [0.1, 0.15) is 35.7 Å². The minimum absolute atomic E-state index is 0.0958. The van der Waals surface area contributed by atoms with E-state index in [2.05, 4.69) is 11.3 Å². The average molecular weight is 470 g/mol. The molecule has 0 atom stereocenters. The van der Waals surface area contributed by atoms with Crippen molar-refractivity contribution in [3.63, 3.8) is 0 Å². The lowest BCUT2D eigenvalue weighted by molar-refractivity contribution is -0.696. The van der Waals surface area contributed by atoms with Crippen molar-refractivity contribution in [2.45, 2.75) is 31.2 Å². The standard InChI is InChI=1S/C23H20ClN3O4S/c1-2-3-12-26-13-14-27(15-26)21-20(22(28)18-6-4-5-7-19(18)23(21)29)25-32(30,31)17-10-8-16(24)9-11-17/h4-11,13-15H,2-3,12H2,1H3. The summed E-state index contributed by atoms with van der Waals surface area (Å²) in [5.74, 6) is -1.09. The molecule has 32 heavy (non-hydrogen) atoms. The fraction of sp³-hybridized carbons (Fsp3) is 0.174. The second kappa shape index (κ2) is 8.72. The predicted molar refractivity (Wildman–Crippen MR) is 119 cm³/mol. The molecule has 1 aliphatic carbocycles. The number of ketones is 1. The predicted octanol–water partition coefficient (Wildman–Crippen LogP) is 2.94. The molecule has 0 bridgehead atoms. The smallest absolute Gasteiger partial charge is 0.283 e. The van der Waals surface area contributed by atoms with Crippen LogP contribution in [-0.2, 0) is 16.6 Å². The van der Waals surface area contributed by atoms with Gasteiger partial charge in [-0.15, -0.1) is 0 Å². The molecule has 4 rings (SSSR count). The van der Waals surface area contributed by atoms with Gasteiger partial charge in [0.25, 0.3) is 10.0 Å². The molecule has 0 radical (unpaired) electrons. The summed E-state index contributed by atoms with van der Waals surface area (Å²) in [5.41, 5.74) is -0.176. The first-order chi connectivity index (χ1) is 15.3. The van der Waals surface area contributed by atoms with Gasteiger partial charge in [0.15, 0.2) is 11.4 Å². The van der Waals surface area contributed by atoms with E-state index in [0.29, 0.717) is 5.02 Å². The summed E-state index contributed by atoms with van der Waals surface area (Å²) in [4.78, 5) is 13.2. The lowest BCUT2D eigenvalue weighted by atomic mass is 9.91. The summed E-state index contributed by atoms with van der Waals surface area (Å²) in [6, 6.07) is 11.8. The van der Waals surface area contributed by atoms with E-state index in [-0.39, 0.29) is 21.7 Å². The Balaban J connectivity index is 1.90. The third-order valence-electron chi connectivity index (χ3n) is 5.11. The summed E-state index contributed by atoms with van der Waals surface area (Å²) in [6.45, 7) is 2.80. The van der Waals surface area contributed by atoms with Gasteiger partial charge in [0.2, 0.25) is 12.1 Å². The molecule has 1 heterocycles. The van der Waals surface area contributed by atoms with E-state index in [0.717, 1.165) is 19.4 Å². The highest BCUT2D eigenvalue weighted by Crippen LogP contribution is 2.30. The van der Waals surface area contributed by atoms with Gasteiger partial charge >= 0.3 is 0 Å². The van der Waals surface area contributed by atoms with Gasteiger partial charge in [-0.1, -0.05) is 49.2 Å². The molecule has 0 N–H and O–H groups in total. The van der Waals surface area contributed by atoms with Gasteiger partial charge in [-0.3, -0.25) is 4.79 Å². The summed E-state index contributed by atoms with van der Waals surface area (Å²) in [7, 11) is -4.27. The second-order valence-corrected chi connectivity index (χ2v) is 9.37. The molecule has 7 nitrogen and oxygen atoms in total. The third kappa shape index (κ3) is 4.11. The van der Waals surface area contributed by atoms with Gasteiger partial charge < -0.3 is 5.11 Å². The Bertz CT molecular complexity index is 1360. The van der Waals surface area contributed by atoms with Crippen molar-refractivity contribution in [2.75, 3.05) is 0 Å². The van der Waals surface area contributed by atoms with E-state index in [4.69, 9.17) is 11.6 Å². The lowest BCUT2D eigenvalue weighted by Gasteiger charge is -2.24. The fourth-order valence-electron chi connectivity index (χ4n) is 3.45. The Morgan fingerprint density at radius 2 is 1.78 bits per heavy atom. The Kier molecular flexibility index (Phi) is 5.99. The van der Waals surface area contributed by atoms with E-state index in [1.165, 1.54) is 34.9 Å². The molecule has 1 aliphatic rings. The Labute approximate surface area is 191 Å². The van der Waals surface area contributed by atoms with E-state index in [1.807, 2.05) is 4.57 Å². The van der Waals surface area contributed by atoms with Gasteiger partial charge in [-0.05, 0) is 42.0 Å². The van der Waals surface area contributed by atoms with Crippen molar-refractivity contribution < 1.29 is 22.9 Å². The van der Waals surface area contributed by atoms with Crippen molar-refractivity contribution in [2.24, 2.45) is 4.40 Å². The molecule has 2 aromatic carbocycles. The van der Waals surface area contributed by atoms with Crippen molar-refractivity contribution in [3.8, 4) is 0 Å². The Morgan fingerprint density at radius 3 is 2.47 bits per heavy atom. The van der Waals surface area contributed by atoms with Crippen LogP contribution < -0.4 is 9.67 Å². The first-order valence-electron chi connectivity index (χ1n) is 10.1. The molecule has 0 unspecified atom stereocenters. The first-order valence-corrected chi connectivity index (χ1v) is 11.9. The number of hydrogen-bond acceptors (Lipinski definition) is 4. The number of halogens is 1. The maximum absolute atomic E-state index is 13.4. The van der Waals surface area contributed by atoms with E-state index in [9.17, 15) is 18.3 Å². The number of benzene rings is 2. The number of rotatable bonds is 6. The quantitative estimate of drug-likeness (QED) is 0.518. The molecular weight excluding hydrogens is 450 g/mol. The molecule has 0 aliphatic heterocycles. The van der Waals surface area contributed by atoms with Crippen LogP contribution in [0.25, 0.3) is 11.5 Å². The maximum Gasteiger partial charge on any atom is 0.283 e. The van der Waals surface area contributed by atoms with Crippen molar-refractivity contribution in [1.29, 1.82) is 0 Å². The van der Waals surface area contributed by atoms with E-state index in [1.54, 1.807) is 36.9 Å². The number of Topliss-reactive ketones (excluding diaryl/α,β-unsaturated/α-hetero) is 1.